The summed E-state index contributed by atoms with van der Waals surface area (Å²) in [5.74, 6) is 0. The quantitative estimate of drug-likeness (QED) is 0.429. The summed E-state index contributed by atoms with van der Waals surface area (Å²) in [5, 5.41) is 0. The molecule has 3 aromatic rings. The molecular formula is C26H22. The van der Waals surface area contributed by atoms with Crippen LogP contribution in [-0.4, -0.2) is 0 Å². The Kier molecular flexibility index (Phi) is 5.80. The molecule has 0 N–H and O–H groups in total. The largest absolute Gasteiger partial charge is 0.0990 e. The van der Waals surface area contributed by atoms with Crippen LogP contribution >= 0.6 is 0 Å². The molecule has 0 heterocycles. The molecule has 0 bridgehead atoms. The number of hydrogen-bond acceptors (Lipinski definition) is 0. The van der Waals surface area contributed by atoms with E-state index in [9.17, 15) is 0 Å². The van der Waals surface area contributed by atoms with Gasteiger partial charge in [-0.15, -0.1) is 0 Å². The first-order chi connectivity index (χ1) is 12.8. The highest BCUT2D eigenvalue weighted by molar-refractivity contribution is 5.92. The maximum absolute atomic E-state index is 3.91. The van der Waals surface area contributed by atoms with Crippen LogP contribution in [0.25, 0.3) is 11.1 Å². The van der Waals surface area contributed by atoms with Crippen molar-refractivity contribution in [3.05, 3.63) is 145 Å². The topological polar surface area (TPSA) is 0 Å². The van der Waals surface area contributed by atoms with Gasteiger partial charge in [-0.25, -0.2) is 0 Å². The van der Waals surface area contributed by atoms with Gasteiger partial charge in [0.1, 0.15) is 0 Å². The molecule has 0 heteroatoms. The van der Waals surface area contributed by atoms with E-state index in [1.807, 2.05) is 24.3 Å². The van der Waals surface area contributed by atoms with Gasteiger partial charge in [0, 0.05) is 0 Å². The molecule has 0 fully saturated rings. The number of benzene rings is 3. The molecule has 0 saturated heterocycles. The van der Waals surface area contributed by atoms with E-state index in [2.05, 4.69) is 98.1 Å². The molecule has 0 aromatic heterocycles. The normalized spacial score (nSPS) is 11.8. The maximum Gasteiger partial charge on any atom is -0.00992 e. The number of rotatable bonds is 6. The third-order valence-electron chi connectivity index (χ3n) is 4.25. The maximum atomic E-state index is 3.91. The molecule has 3 aromatic carbocycles. The first-order valence-corrected chi connectivity index (χ1v) is 8.71. The Hall–Kier alpha value is -3.38. The molecule has 0 unspecified atom stereocenters. The predicted molar refractivity (Wildman–Crippen MR) is 114 cm³/mol. The van der Waals surface area contributed by atoms with Crippen LogP contribution in [0.2, 0.25) is 0 Å². The second-order valence-electron chi connectivity index (χ2n) is 5.91. The van der Waals surface area contributed by atoms with Gasteiger partial charge in [-0.3, -0.25) is 0 Å². The van der Waals surface area contributed by atoms with Crippen molar-refractivity contribution in [3.8, 4) is 0 Å². The third kappa shape index (κ3) is 3.81. The molecule has 126 valence electrons. The molecule has 0 radical (unpaired) electrons. The third-order valence-corrected chi connectivity index (χ3v) is 4.25. The van der Waals surface area contributed by atoms with E-state index < -0.39 is 0 Å². The molecule has 0 atom stereocenters. The predicted octanol–water partition coefficient (Wildman–Crippen LogP) is 6.92. The van der Waals surface area contributed by atoms with Crippen molar-refractivity contribution in [2.45, 2.75) is 0 Å². The van der Waals surface area contributed by atoms with Crippen LogP contribution < -0.4 is 0 Å². The smallest absolute Gasteiger partial charge is 0.00992 e. The van der Waals surface area contributed by atoms with Gasteiger partial charge >= 0.3 is 0 Å². The van der Waals surface area contributed by atoms with Crippen LogP contribution in [0.4, 0.5) is 0 Å². The van der Waals surface area contributed by atoms with Crippen LogP contribution in [0.15, 0.2) is 122 Å². The summed E-state index contributed by atoms with van der Waals surface area (Å²) < 4.78 is 0. The summed E-state index contributed by atoms with van der Waals surface area (Å²) in [5.41, 5.74) is 7.01. The van der Waals surface area contributed by atoms with E-state index in [4.69, 9.17) is 0 Å². The van der Waals surface area contributed by atoms with Crippen molar-refractivity contribution < 1.29 is 0 Å². The van der Waals surface area contributed by atoms with Crippen molar-refractivity contribution >= 4 is 11.1 Å². The lowest BCUT2D eigenvalue weighted by molar-refractivity contribution is 1.48. The molecule has 0 aliphatic carbocycles. The average Bonchev–Trinajstić information content (AvgIpc) is 2.72. The van der Waals surface area contributed by atoms with Gasteiger partial charge in [-0.2, -0.15) is 0 Å². The van der Waals surface area contributed by atoms with E-state index in [1.54, 1.807) is 0 Å². The highest BCUT2D eigenvalue weighted by Crippen LogP contribution is 2.33. The van der Waals surface area contributed by atoms with Crippen molar-refractivity contribution in [1.82, 2.24) is 0 Å². The van der Waals surface area contributed by atoms with Gasteiger partial charge in [-0.1, -0.05) is 122 Å². The first-order valence-electron chi connectivity index (χ1n) is 8.71. The molecule has 0 aliphatic heterocycles. The Bertz CT molecular complexity index is 861. The van der Waals surface area contributed by atoms with Crippen LogP contribution in [-0.2, 0) is 0 Å². The zero-order chi connectivity index (χ0) is 18.2. The first kappa shape index (κ1) is 17.4. The molecule has 0 nitrogen and oxygen atoms in total. The van der Waals surface area contributed by atoms with Crippen LogP contribution in [0.3, 0.4) is 0 Å². The Labute approximate surface area is 156 Å². The van der Waals surface area contributed by atoms with E-state index in [1.165, 1.54) is 22.3 Å². The van der Waals surface area contributed by atoms with E-state index in [0.717, 1.165) is 11.1 Å². The molecule has 0 spiro atoms. The average molecular weight is 334 g/mol. The lowest BCUT2D eigenvalue weighted by atomic mass is 9.87. The van der Waals surface area contributed by atoms with Crippen LogP contribution in [0, 0.1) is 0 Å². The summed E-state index contributed by atoms with van der Waals surface area (Å²) in [6, 6.07) is 29.3. The summed E-state index contributed by atoms with van der Waals surface area (Å²) >= 11 is 0. The molecule has 26 heavy (non-hydrogen) atoms. The second-order valence-corrected chi connectivity index (χ2v) is 5.91. The molecule has 0 aliphatic rings. The van der Waals surface area contributed by atoms with Crippen LogP contribution in [0.5, 0.6) is 0 Å². The monoisotopic (exact) mass is 334 g/mol. The minimum absolute atomic E-state index is 1.15. The van der Waals surface area contributed by atoms with E-state index >= 15 is 0 Å². The Balaban J connectivity index is 2.22. The van der Waals surface area contributed by atoms with Crippen molar-refractivity contribution in [3.63, 3.8) is 0 Å². The lowest BCUT2D eigenvalue weighted by Crippen LogP contribution is -1.96. The van der Waals surface area contributed by atoms with Crippen molar-refractivity contribution in [2.75, 3.05) is 0 Å². The van der Waals surface area contributed by atoms with Crippen LogP contribution in [0.1, 0.15) is 22.3 Å². The summed E-state index contributed by atoms with van der Waals surface area (Å²) in [6.07, 6.45) is 7.84. The van der Waals surface area contributed by atoms with Crippen molar-refractivity contribution in [2.24, 2.45) is 0 Å². The summed E-state index contributed by atoms with van der Waals surface area (Å²) in [4.78, 5) is 0. The Morgan fingerprint density at radius 2 is 0.846 bits per heavy atom. The SMILES string of the molecule is C=C/C=C(\c1ccccc1)c1ccccc1/C(=C/C=C)c1ccccc1. The van der Waals surface area contributed by atoms with Crippen molar-refractivity contribution in [1.29, 1.82) is 0 Å². The van der Waals surface area contributed by atoms with E-state index in [-0.39, 0.29) is 0 Å². The van der Waals surface area contributed by atoms with Gasteiger partial charge < -0.3 is 0 Å². The fourth-order valence-electron chi connectivity index (χ4n) is 3.11. The molecular weight excluding hydrogens is 312 g/mol. The Morgan fingerprint density at radius 3 is 1.19 bits per heavy atom. The standard InChI is InChI=1S/C26H22/c1-3-13-23(21-15-7-5-8-16-21)25-19-11-12-20-26(25)24(14-4-2)22-17-9-6-10-18-22/h3-20H,1-2H2/b23-13+,24-14+. The lowest BCUT2D eigenvalue weighted by Gasteiger charge is -2.16. The van der Waals surface area contributed by atoms with Gasteiger partial charge in [0.05, 0.1) is 0 Å². The van der Waals surface area contributed by atoms with Gasteiger partial charge in [-0.05, 0) is 33.4 Å². The Morgan fingerprint density at radius 1 is 0.500 bits per heavy atom. The zero-order valence-electron chi connectivity index (χ0n) is 14.8. The molecule has 0 saturated carbocycles. The second kappa shape index (κ2) is 8.64. The molecule has 0 amide bonds. The van der Waals surface area contributed by atoms with Gasteiger partial charge in [0.15, 0.2) is 0 Å². The summed E-state index contributed by atoms with van der Waals surface area (Å²) in [6.45, 7) is 7.83. The van der Waals surface area contributed by atoms with Gasteiger partial charge in [0.25, 0.3) is 0 Å². The van der Waals surface area contributed by atoms with Gasteiger partial charge in [0.2, 0.25) is 0 Å². The van der Waals surface area contributed by atoms with E-state index in [0.29, 0.717) is 0 Å². The number of hydrogen-bond donors (Lipinski definition) is 0. The minimum atomic E-state index is 1.15. The minimum Gasteiger partial charge on any atom is -0.0990 e. The highest BCUT2D eigenvalue weighted by atomic mass is 14.2. The zero-order valence-corrected chi connectivity index (χ0v) is 14.8. The molecule has 3 rings (SSSR count). The number of allylic oxidation sites excluding steroid dienone is 4. The highest BCUT2D eigenvalue weighted by Gasteiger charge is 2.13. The summed E-state index contributed by atoms with van der Waals surface area (Å²) in [7, 11) is 0. The fourth-order valence-corrected chi connectivity index (χ4v) is 3.11. The fraction of sp³-hybridized carbons (Fsp3) is 0.